The third kappa shape index (κ3) is 5.63. The van der Waals surface area contributed by atoms with Crippen LogP contribution >= 0.6 is 0 Å². The number of para-hydroxylation sites is 2. The molecule has 0 bridgehead atoms. The standard InChI is InChI=1S/C12H4N4.2C7H6N2O/c13-5-11(6-14)9-1-2-10(4-3-9)12(7-15)8-16;2*10-7-5-3-1-2-4-6(5)8-9-7/h1-4H;2*1-4H,(H2,8,9,10). The van der Waals surface area contributed by atoms with E-state index >= 15 is 0 Å². The monoisotopic (exact) mass is 472 g/mol. The van der Waals surface area contributed by atoms with Crippen molar-refractivity contribution in [3.05, 3.63) is 104 Å². The van der Waals surface area contributed by atoms with Crippen molar-refractivity contribution in [2.45, 2.75) is 0 Å². The van der Waals surface area contributed by atoms with Crippen molar-refractivity contribution in [1.82, 2.24) is 20.4 Å². The van der Waals surface area contributed by atoms with E-state index in [1.54, 1.807) is 36.4 Å². The van der Waals surface area contributed by atoms with Crippen molar-refractivity contribution in [2.75, 3.05) is 0 Å². The second-order valence-corrected chi connectivity index (χ2v) is 7.02. The maximum atomic E-state index is 10.9. The van der Waals surface area contributed by atoms with Gasteiger partial charge < -0.3 is 0 Å². The minimum Gasteiger partial charge on any atom is -0.298 e. The molecule has 0 saturated heterocycles. The van der Waals surface area contributed by atoms with Crippen LogP contribution in [0.25, 0.3) is 33.0 Å². The molecule has 172 valence electrons. The number of aromatic amines is 4. The Kier molecular flexibility index (Phi) is 7.96. The van der Waals surface area contributed by atoms with Crippen LogP contribution in [-0.4, -0.2) is 20.4 Å². The number of fused-ring (bicyclic) bond motifs is 2. The topological polar surface area (TPSA) is 192 Å². The molecule has 2 heterocycles. The molecule has 4 N–H and O–H groups in total. The molecule has 0 saturated carbocycles. The molecule has 0 amide bonds. The Morgan fingerprint density at radius 3 is 1.14 bits per heavy atom. The van der Waals surface area contributed by atoms with E-state index in [4.69, 9.17) is 21.0 Å². The highest BCUT2D eigenvalue weighted by Gasteiger charge is 1.97. The molecule has 0 aliphatic carbocycles. The number of H-pyrrole nitrogens is 4. The Morgan fingerprint density at radius 2 is 0.833 bits per heavy atom. The van der Waals surface area contributed by atoms with E-state index in [1.165, 1.54) is 24.3 Å². The van der Waals surface area contributed by atoms with Gasteiger partial charge in [-0.25, -0.2) is 0 Å². The molecule has 0 unspecified atom stereocenters. The molecule has 0 atom stereocenters. The Morgan fingerprint density at radius 1 is 0.500 bits per heavy atom. The van der Waals surface area contributed by atoms with Gasteiger partial charge in [0, 0.05) is 10.4 Å². The van der Waals surface area contributed by atoms with Crippen molar-refractivity contribution >= 4 is 33.0 Å². The average Bonchev–Trinajstić information content (AvgIpc) is 3.50. The van der Waals surface area contributed by atoms with Gasteiger partial charge in [0.15, 0.2) is 0 Å². The third-order valence-corrected chi connectivity index (χ3v) is 4.87. The summed E-state index contributed by atoms with van der Waals surface area (Å²) in [6.45, 7) is 0. The SMILES string of the molecule is N#CC(C#N)=c1ccc(=C(C#N)C#N)cc1.O=c1[nH][nH]c2ccccc12.O=c1[nH][nH]c2ccccc12. The zero-order chi connectivity index (χ0) is 25.9. The number of aromatic nitrogens is 4. The maximum Gasteiger partial charge on any atom is 0.271 e. The summed E-state index contributed by atoms with van der Waals surface area (Å²) in [6.07, 6.45) is 0. The molecule has 2 aromatic heterocycles. The predicted octanol–water partition coefficient (Wildman–Crippen LogP) is 1.79. The Balaban J connectivity index is 0.000000156. The fraction of sp³-hybridized carbons (Fsp3) is 0. The van der Waals surface area contributed by atoms with Crippen LogP contribution in [0.2, 0.25) is 0 Å². The Hall–Kier alpha value is -6.10. The number of nitrogens with zero attached hydrogens (tertiary/aromatic N) is 4. The second kappa shape index (κ2) is 11.7. The van der Waals surface area contributed by atoms with E-state index in [0.717, 1.165) is 11.0 Å². The molecule has 0 aliphatic heterocycles. The largest absolute Gasteiger partial charge is 0.298 e. The van der Waals surface area contributed by atoms with Crippen LogP contribution in [0, 0.1) is 45.3 Å². The highest BCUT2D eigenvalue weighted by molar-refractivity contribution is 5.78. The summed E-state index contributed by atoms with van der Waals surface area (Å²) >= 11 is 0. The van der Waals surface area contributed by atoms with Gasteiger partial charge >= 0.3 is 0 Å². The van der Waals surface area contributed by atoms with Crippen molar-refractivity contribution in [3.8, 4) is 24.3 Å². The van der Waals surface area contributed by atoms with Crippen molar-refractivity contribution < 1.29 is 0 Å². The highest BCUT2D eigenvalue weighted by Crippen LogP contribution is 2.03. The lowest BCUT2D eigenvalue weighted by molar-refractivity contribution is 1.08. The minimum atomic E-state index is -0.0596. The summed E-state index contributed by atoms with van der Waals surface area (Å²) in [7, 11) is 0. The van der Waals surface area contributed by atoms with Crippen molar-refractivity contribution in [3.63, 3.8) is 0 Å². The Bertz CT molecular complexity index is 1750. The fourth-order valence-electron chi connectivity index (χ4n) is 3.07. The van der Waals surface area contributed by atoms with Crippen LogP contribution < -0.4 is 21.6 Å². The van der Waals surface area contributed by atoms with Gasteiger partial charge in [0.2, 0.25) is 0 Å². The van der Waals surface area contributed by atoms with E-state index in [1.807, 2.05) is 36.4 Å². The molecule has 0 fully saturated rings. The van der Waals surface area contributed by atoms with Gasteiger partial charge in [-0.2, -0.15) is 21.0 Å². The molecule has 0 aliphatic rings. The first-order chi connectivity index (χ1) is 17.5. The van der Waals surface area contributed by atoms with Crippen LogP contribution in [0.1, 0.15) is 0 Å². The summed E-state index contributed by atoms with van der Waals surface area (Å²) < 4.78 is 0. The number of hydrogen-bond acceptors (Lipinski definition) is 6. The molecule has 3 aromatic carbocycles. The smallest absolute Gasteiger partial charge is 0.271 e. The lowest BCUT2D eigenvalue weighted by Gasteiger charge is -1.88. The lowest BCUT2D eigenvalue weighted by Crippen LogP contribution is -2.11. The number of nitrogens with one attached hydrogen (secondary N) is 4. The van der Waals surface area contributed by atoms with Gasteiger partial charge in [0.05, 0.1) is 21.8 Å². The average molecular weight is 472 g/mol. The van der Waals surface area contributed by atoms with E-state index in [0.29, 0.717) is 21.2 Å². The van der Waals surface area contributed by atoms with E-state index < -0.39 is 0 Å². The van der Waals surface area contributed by atoms with Gasteiger partial charge in [0.25, 0.3) is 11.1 Å². The molecular formula is C26H16N8O2. The van der Waals surface area contributed by atoms with Crippen LogP contribution in [0.3, 0.4) is 0 Å². The first-order valence-corrected chi connectivity index (χ1v) is 10.3. The third-order valence-electron chi connectivity index (χ3n) is 4.87. The first-order valence-electron chi connectivity index (χ1n) is 10.3. The fourth-order valence-corrected chi connectivity index (χ4v) is 3.07. The van der Waals surface area contributed by atoms with Crippen LogP contribution in [0.5, 0.6) is 0 Å². The first kappa shape index (κ1) is 24.5. The van der Waals surface area contributed by atoms with E-state index in [2.05, 4.69) is 20.4 Å². The molecule has 10 heteroatoms. The Labute approximate surface area is 202 Å². The summed E-state index contributed by atoms with van der Waals surface area (Å²) in [5.74, 6) is 0. The zero-order valence-corrected chi connectivity index (χ0v) is 18.5. The van der Waals surface area contributed by atoms with E-state index in [9.17, 15) is 9.59 Å². The number of rotatable bonds is 0. The van der Waals surface area contributed by atoms with Crippen LogP contribution in [0.15, 0.2) is 82.4 Å². The van der Waals surface area contributed by atoms with Crippen molar-refractivity contribution in [1.29, 1.82) is 21.0 Å². The summed E-state index contributed by atoms with van der Waals surface area (Å²) in [6, 6.07) is 27.9. The summed E-state index contributed by atoms with van der Waals surface area (Å²) in [4.78, 5) is 21.8. The minimum absolute atomic E-state index is 0.00187. The molecule has 36 heavy (non-hydrogen) atoms. The van der Waals surface area contributed by atoms with Gasteiger partial charge in [-0.05, 0) is 24.3 Å². The lowest BCUT2D eigenvalue weighted by atomic mass is 10.1. The number of nitriles is 4. The second-order valence-electron chi connectivity index (χ2n) is 7.02. The summed E-state index contributed by atoms with van der Waals surface area (Å²) in [5.41, 5.74) is 1.59. The molecule has 0 radical (unpaired) electrons. The van der Waals surface area contributed by atoms with Crippen molar-refractivity contribution in [2.24, 2.45) is 0 Å². The molecular weight excluding hydrogens is 456 g/mol. The van der Waals surface area contributed by atoms with Gasteiger partial charge in [-0.15, -0.1) is 0 Å². The molecule has 5 rings (SSSR count). The number of benzene rings is 3. The molecule has 5 aromatic rings. The van der Waals surface area contributed by atoms with Crippen LogP contribution in [-0.2, 0) is 0 Å². The highest BCUT2D eigenvalue weighted by atomic mass is 16.1. The predicted molar refractivity (Wildman–Crippen MR) is 133 cm³/mol. The number of hydrogen-bond donors (Lipinski definition) is 4. The normalized spacial score (nSPS) is 9.22. The molecule has 10 nitrogen and oxygen atoms in total. The quantitative estimate of drug-likeness (QED) is 0.265. The van der Waals surface area contributed by atoms with Gasteiger partial charge in [0.1, 0.15) is 35.4 Å². The maximum absolute atomic E-state index is 10.9. The van der Waals surface area contributed by atoms with Gasteiger partial charge in [-0.1, -0.05) is 48.5 Å². The van der Waals surface area contributed by atoms with E-state index in [-0.39, 0.29) is 22.3 Å². The summed E-state index contributed by atoms with van der Waals surface area (Å²) in [5, 5.41) is 47.4. The van der Waals surface area contributed by atoms with Gasteiger partial charge in [-0.3, -0.25) is 30.0 Å². The zero-order valence-electron chi connectivity index (χ0n) is 18.5. The van der Waals surface area contributed by atoms with Crippen LogP contribution in [0.4, 0.5) is 0 Å². The molecule has 0 spiro atoms.